The average Bonchev–Trinajstić information content (AvgIpc) is 3.01. The molecule has 0 unspecified atom stereocenters. The van der Waals surface area contributed by atoms with Crippen molar-refractivity contribution >= 4 is 27.5 Å². The zero-order chi connectivity index (χ0) is 28.8. The summed E-state index contributed by atoms with van der Waals surface area (Å²) in [7, 11) is 0. The molecule has 1 radical (unpaired) electrons. The molecular weight excluding hydrogens is 707 g/mol. The van der Waals surface area contributed by atoms with E-state index in [2.05, 4.69) is 87.5 Å². The van der Waals surface area contributed by atoms with Gasteiger partial charge in [-0.15, -0.1) is 29.1 Å². The normalized spacial score (nSPS) is 16.5. The second kappa shape index (κ2) is 15.8. The third-order valence-corrected chi connectivity index (χ3v) is 8.85. The van der Waals surface area contributed by atoms with E-state index in [9.17, 15) is 9.90 Å². The SMILES string of the molecule is C.CC(C)(C)c1ccc2nc(-c3[c-]ccc4ccccc34)ccc2c1.O=C(C=C(O)C1CCCCC1)C1CCCCC1.[Ir]. The van der Waals surface area contributed by atoms with Gasteiger partial charge in [0.2, 0.25) is 0 Å². The summed E-state index contributed by atoms with van der Waals surface area (Å²) in [5.41, 5.74) is 4.55. The number of pyridine rings is 1. The Morgan fingerprint density at radius 3 is 2.16 bits per heavy atom. The number of rotatable bonds is 4. The smallest absolute Gasteiger partial charge is 0.162 e. The number of carbonyl (C=O) groups excluding carboxylic acids is 1. The fraction of sp³-hybridized carbons (Fsp3) is 0.436. The van der Waals surface area contributed by atoms with Crippen molar-refractivity contribution in [2.24, 2.45) is 11.8 Å². The summed E-state index contributed by atoms with van der Waals surface area (Å²) in [5.74, 6) is 0.985. The molecule has 1 heterocycles. The number of ketones is 1. The molecule has 3 nitrogen and oxygen atoms in total. The van der Waals surface area contributed by atoms with Gasteiger partial charge in [-0.1, -0.05) is 115 Å². The summed E-state index contributed by atoms with van der Waals surface area (Å²) in [5, 5.41) is 13.6. The van der Waals surface area contributed by atoms with Gasteiger partial charge >= 0.3 is 0 Å². The van der Waals surface area contributed by atoms with Gasteiger partial charge in [0.05, 0.1) is 11.3 Å². The summed E-state index contributed by atoms with van der Waals surface area (Å²) < 4.78 is 0. The first kappa shape index (κ1) is 34.7. The first-order chi connectivity index (χ1) is 19.8. The quantitative estimate of drug-likeness (QED) is 0.128. The molecule has 3 aromatic carbocycles. The van der Waals surface area contributed by atoms with Gasteiger partial charge in [-0.3, -0.25) is 9.78 Å². The zero-order valence-corrected chi connectivity index (χ0v) is 27.7. The minimum atomic E-state index is 0. The molecule has 1 aromatic heterocycles. The van der Waals surface area contributed by atoms with Gasteiger partial charge in [-0.2, -0.15) is 0 Å². The second-order valence-corrected chi connectivity index (χ2v) is 12.9. The van der Waals surface area contributed by atoms with Gasteiger partial charge in [-0.25, -0.2) is 0 Å². The predicted molar refractivity (Wildman–Crippen MR) is 178 cm³/mol. The topological polar surface area (TPSA) is 50.2 Å². The van der Waals surface area contributed by atoms with E-state index in [1.807, 2.05) is 6.07 Å². The van der Waals surface area contributed by atoms with Crippen LogP contribution in [0.4, 0.5) is 0 Å². The van der Waals surface area contributed by atoms with Crippen molar-refractivity contribution < 1.29 is 30.0 Å². The number of aliphatic hydroxyl groups excluding tert-OH is 1. The predicted octanol–water partition coefficient (Wildman–Crippen LogP) is 10.9. The number of aliphatic hydroxyl groups is 1. The zero-order valence-electron chi connectivity index (χ0n) is 25.3. The van der Waals surface area contributed by atoms with Crippen LogP contribution in [-0.2, 0) is 30.3 Å². The molecule has 0 bridgehead atoms. The van der Waals surface area contributed by atoms with E-state index < -0.39 is 0 Å². The maximum atomic E-state index is 12.0. The molecule has 0 amide bonds. The van der Waals surface area contributed by atoms with Crippen LogP contribution in [0.2, 0.25) is 0 Å². The van der Waals surface area contributed by atoms with Crippen molar-refractivity contribution in [3.05, 3.63) is 90.2 Å². The van der Waals surface area contributed by atoms with Crippen LogP contribution in [-0.4, -0.2) is 15.9 Å². The minimum Gasteiger partial charge on any atom is -0.512 e. The standard InChI is InChI=1S/C23H20N.C15H24O2.CH4.Ir/c1-23(2,3)18-12-14-21-17(15-18)11-13-22(24-21)20-10-6-8-16-7-4-5-9-19(16)20;16-14(12-7-3-1-4-8-12)11-15(17)13-9-5-2-6-10-13;;/h4-9,11-15H,1-3H3;11-13,16H,1-10H2;1H4;/q-1;;;. The van der Waals surface area contributed by atoms with Gasteiger partial charge in [-0.05, 0) is 59.9 Å². The molecule has 1 N–H and O–H groups in total. The minimum absolute atomic E-state index is 0. The summed E-state index contributed by atoms with van der Waals surface area (Å²) in [6.45, 7) is 6.71. The molecule has 4 heteroatoms. The largest absolute Gasteiger partial charge is 0.512 e. The van der Waals surface area contributed by atoms with Crippen LogP contribution >= 0.6 is 0 Å². The Kier molecular flexibility index (Phi) is 12.7. The number of allylic oxidation sites excluding steroid dienone is 2. The van der Waals surface area contributed by atoms with Crippen molar-refractivity contribution in [3.63, 3.8) is 0 Å². The van der Waals surface area contributed by atoms with Crippen LogP contribution in [0.5, 0.6) is 0 Å². The van der Waals surface area contributed by atoms with E-state index in [1.54, 1.807) is 6.08 Å². The molecule has 4 aromatic rings. The summed E-state index contributed by atoms with van der Waals surface area (Å²) in [6, 6.07) is 26.7. The first-order valence-electron chi connectivity index (χ1n) is 15.5. The first-order valence-corrected chi connectivity index (χ1v) is 15.5. The van der Waals surface area contributed by atoms with Crippen LogP contribution in [0.1, 0.15) is 98.0 Å². The number of aromatic nitrogens is 1. The molecule has 0 atom stereocenters. The second-order valence-electron chi connectivity index (χ2n) is 12.9. The van der Waals surface area contributed by atoms with Crippen molar-refractivity contribution in [1.29, 1.82) is 0 Å². The van der Waals surface area contributed by atoms with Crippen molar-refractivity contribution in [3.8, 4) is 11.3 Å². The van der Waals surface area contributed by atoms with Gasteiger partial charge in [0.1, 0.15) is 0 Å². The Bertz CT molecular complexity index is 1520. The number of benzene rings is 3. The van der Waals surface area contributed by atoms with Crippen LogP contribution < -0.4 is 0 Å². The fourth-order valence-electron chi connectivity index (χ4n) is 6.27. The monoisotopic (exact) mass is 755 g/mol. The molecule has 0 saturated heterocycles. The molecule has 2 saturated carbocycles. The molecule has 0 aliphatic heterocycles. The Morgan fingerprint density at radius 2 is 1.49 bits per heavy atom. The van der Waals surface area contributed by atoms with Crippen molar-refractivity contribution in [1.82, 2.24) is 4.98 Å². The molecule has 2 fully saturated rings. The third-order valence-electron chi connectivity index (χ3n) is 8.85. The van der Waals surface area contributed by atoms with Crippen LogP contribution in [0, 0.1) is 17.9 Å². The van der Waals surface area contributed by atoms with Gasteiger partial charge in [0.25, 0.3) is 0 Å². The van der Waals surface area contributed by atoms with E-state index in [-0.39, 0.29) is 50.6 Å². The van der Waals surface area contributed by atoms with Crippen molar-refractivity contribution in [2.45, 2.75) is 97.8 Å². The van der Waals surface area contributed by atoms with Gasteiger partial charge in [0.15, 0.2) is 5.78 Å². The Balaban J connectivity index is 0.000000238. The van der Waals surface area contributed by atoms with E-state index in [0.717, 1.165) is 42.5 Å². The van der Waals surface area contributed by atoms with Crippen molar-refractivity contribution in [2.75, 3.05) is 0 Å². The fourth-order valence-corrected chi connectivity index (χ4v) is 6.27. The van der Waals surface area contributed by atoms with Crippen LogP contribution in [0.25, 0.3) is 32.9 Å². The number of fused-ring (bicyclic) bond motifs is 2. The molecule has 231 valence electrons. The Hall–Kier alpha value is -2.81. The molecule has 2 aliphatic carbocycles. The maximum absolute atomic E-state index is 12.0. The third kappa shape index (κ3) is 8.87. The number of hydrogen-bond donors (Lipinski definition) is 1. The summed E-state index contributed by atoms with van der Waals surface area (Å²) >= 11 is 0. The molecule has 2 aliphatic rings. The Labute approximate surface area is 272 Å². The maximum Gasteiger partial charge on any atom is 0.162 e. The van der Waals surface area contributed by atoms with Crippen LogP contribution in [0.3, 0.4) is 0 Å². The average molecular weight is 755 g/mol. The number of hydrogen-bond acceptors (Lipinski definition) is 3. The molecule has 0 spiro atoms. The molecular formula is C39H48IrNO2-. The van der Waals surface area contributed by atoms with E-state index in [1.165, 1.54) is 60.2 Å². The molecule has 6 rings (SSSR count). The number of nitrogens with zero attached hydrogens (tertiary/aromatic N) is 1. The Morgan fingerprint density at radius 1 is 0.837 bits per heavy atom. The van der Waals surface area contributed by atoms with E-state index in [4.69, 9.17) is 4.98 Å². The summed E-state index contributed by atoms with van der Waals surface area (Å²) in [4.78, 5) is 16.9. The van der Waals surface area contributed by atoms with E-state index >= 15 is 0 Å². The van der Waals surface area contributed by atoms with Gasteiger partial charge in [0, 0.05) is 38.0 Å². The summed E-state index contributed by atoms with van der Waals surface area (Å²) in [6.07, 6.45) is 13.0. The van der Waals surface area contributed by atoms with Gasteiger partial charge < -0.3 is 5.11 Å². The van der Waals surface area contributed by atoms with E-state index in [0.29, 0.717) is 5.76 Å². The van der Waals surface area contributed by atoms with Crippen LogP contribution in [0.15, 0.2) is 78.6 Å². The number of carbonyl (C=O) groups is 1. The molecule has 43 heavy (non-hydrogen) atoms.